The number of nitrogens with zero attached hydrogens (tertiary/aromatic N) is 5. The van der Waals surface area contributed by atoms with Gasteiger partial charge in [-0.1, -0.05) is 10.4 Å². The molecule has 2 aromatic heterocycles. The van der Waals surface area contributed by atoms with Crippen molar-refractivity contribution >= 4 is 0 Å². The molecule has 19 heavy (non-hydrogen) atoms. The highest BCUT2D eigenvalue weighted by molar-refractivity contribution is 5.03. The third-order valence-corrected chi connectivity index (χ3v) is 3.46. The molecule has 0 unspecified atom stereocenters. The molecular weight excluding hydrogens is 244 g/mol. The second-order valence-corrected chi connectivity index (χ2v) is 5.38. The quantitative estimate of drug-likeness (QED) is 0.828. The van der Waals surface area contributed by atoms with Crippen molar-refractivity contribution in [2.45, 2.75) is 50.7 Å². The van der Waals surface area contributed by atoms with Gasteiger partial charge in [0.05, 0.1) is 11.9 Å². The first-order valence-corrected chi connectivity index (χ1v) is 6.82. The van der Waals surface area contributed by atoms with E-state index in [1.54, 1.807) is 4.68 Å². The van der Waals surface area contributed by atoms with Gasteiger partial charge in [0.25, 0.3) is 0 Å². The van der Waals surface area contributed by atoms with E-state index in [9.17, 15) is 0 Å². The molecule has 0 saturated heterocycles. The van der Waals surface area contributed by atoms with Crippen molar-refractivity contribution < 1.29 is 4.52 Å². The van der Waals surface area contributed by atoms with Crippen LogP contribution in [0.2, 0.25) is 0 Å². The highest BCUT2D eigenvalue weighted by Crippen LogP contribution is 2.38. The fourth-order valence-corrected chi connectivity index (χ4v) is 2.01. The van der Waals surface area contributed by atoms with E-state index in [0.717, 1.165) is 18.1 Å². The molecule has 7 heteroatoms. The van der Waals surface area contributed by atoms with Crippen molar-refractivity contribution in [2.75, 3.05) is 0 Å². The standard InChI is InChI=1S/C12H16N6O/c1-2-8(1)12-14-11(19-16-12)7-18-6-10(15-17-18)5-13-9-3-4-9/h6,8-9,13H,1-5,7H2. The summed E-state index contributed by atoms with van der Waals surface area (Å²) in [5.41, 5.74) is 0.953. The topological polar surface area (TPSA) is 81.7 Å². The predicted molar refractivity (Wildman–Crippen MR) is 65.3 cm³/mol. The number of aromatic nitrogens is 5. The van der Waals surface area contributed by atoms with Gasteiger partial charge in [-0.3, -0.25) is 0 Å². The van der Waals surface area contributed by atoms with Crippen molar-refractivity contribution in [3.05, 3.63) is 23.6 Å². The Hall–Kier alpha value is -1.76. The fraction of sp³-hybridized carbons (Fsp3) is 0.667. The summed E-state index contributed by atoms with van der Waals surface area (Å²) >= 11 is 0. The molecular formula is C12H16N6O. The fourth-order valence-electron chi connectivity index (χ4n) is 2.01. The Morgan fingerprint density at radius 1 is 1.32 bits per heavy atom. The van der Waals surface area contributed by atoms with Crippen LogP contribution in [0.5, 0.6) is 0 Å². The maximum atomic E-state index is 5.22. The van der Waals surface area contributed by atoms with Crippen molar-refractivity contribution in [2.24, 2.45) is 0 Å². The normalized spacial score (nSPS) is 18.9. The Morgan fingerprint density at radius 3 is 3.00 bits per heavy atom. The highest BCUT2D eigenvalue weighted by atomic mass is 16.5. The van der Waals surface area contributed by atoms with Gasteiger partial charge in [-0.2, -0.15) is 4.98 Å². The minimum absolute atomic E-state index is 0.496. The molecule has 0 bridgehead atoms. The van der Waals surface area contributed by atoms with E-state index in [0.29, 0.717) is 24.4 Å². The summed E-state index contributed by atoms with van der Waals surface area (Å²) in [6, 6.07) is 0.683. The van der Waals surface area contributed by atoms with Crippen LogP contribution in [0.4, 0.5) is 0 Å². The highest BCUT2D eigenvalue weighted by Gasteiger charge is 2.28. The molecule has 100 valence electrons. The molecule has 2 aromatic rings. The van der Waals surface area contributed by atoms with Crippen molar-refractivity contribution in [3.8, 4) is 0 Å². The molecule has 2 heterocycles. The largest absolute Gasteiger partial charge is 0.337 e. The summed E-state index contributed by atoms with van der Waals surface area (Å²) in [6.07, 6.45) is 6.84. The molecule has 0 radical (unpaired) electrons. The van der Waals surface area contributed by atoms with E-state index < -0.39 is 0 Å². The average Bonchev–Trinajstić information content (AvgIpc) is 3.34. The zero-order valence-electron chi connectivity index (χ0n) is 10.6. The number of hydrogen-bond donors (Lipinski definition) is 1. The third kappa shape index (κ3) is 2.65. The lowest BCUT2D eigenvalue weighted by Gasteiger charge is -1.96. The molecule has 2 aliphatic rings. The van der Waals surface area contributed by atoms with Crippen LogP contribution in [0.1, 0.15) is 49.0 Å². The van der Waals surface area contributed by atoms with Crippen LogP contribution >= 0.6 is 0 Å². The van der Waals surface area contributed by atoms with Crippen molar-refractivity contribution in [1.29, 1.82) is 0 Å². The van der Waals surface area contributed by atoms with Crippen LogP contribution in [0.25, 0.3) is 0 Å². The van der Waals surface area contributed by atoms with Crippen LogP contribution in [-0.2, 0) is 13.1 Å². The van der Waals surface area contributed by atoms with E-state index in [4.69, 9.17) is 4.52 Å². The zero-order valence-corrected chi connectivity index (χ0v) is 10.6. The van der Waals surface area contributed by atoms with Gasteiger partial charge in [0.15, 0.2) is 5.82 Å². The lowest BCUT2D eigenvalue weighted by molar-refractivity contribution is 0.360. The first-order valence-electron chi connectivity index (χ1n) is 6.82. The van der Waals surface area contributed by atoms with Gasteiger partial charge in [0, 0.05) is 18.5 Å². The van der Waals surface area contributed by atoms with Gasteiger partial charge >= 0.3 is 0 Å². The van der Waals surface area contributed by atoms with Crippen LogP contribution < -0.4 is 5.32 Å². The summed E-state index contributed by atoms with van der Waals surface area (Å²) in [7, 11) is 0. The Bertz CT molecular complexity index is 568. The molecule has 0 amide bonds. The van der Waals surface area contributed by atoms with Gasteiger partial charge in [0.2, 0.25) is 5.89 Å². The van der Waals surface area contributed by atoms with Crippen LogP contribution in [-0.4, -0.2) is 31.2 Å². The Labute approximate surface area is 110 Å². The maximum absolute atomic E-state index is 5.22. The van der Waals surface area contributed by atoms with Crippen molar-refractivity contribution in [1.82, 2.24) is 30.5 Å². The van der Waals surface area contributed by atoms with E-state index in [1.807, 2.05) is 6.20 Å². The van der Waals surface area contributed by atoms with Crippen molar-refractivity contribution in [3.63, 3.8) is 0 Å². The molecule has 2 saturated carbocycles. The molecule has 0 aromatic carbocycles. The van der Waals surface area contributed by atoms with Crippen LogP contribution in [0, 0.1) is 0 Å². The van der Waals surface area contributed by atoms with Crippen LogP contribution in [0.3, 0.4) is 0 Å². The van der Waals surface area contributed by atoms with Gasteiger partial charge in [-0.25, -0.2) is 4.68 Å². The van der Waals surface area contributed by atoms with Gasteiger partial charge < -0.3 is 9.84 Å². The number of hydrogen-bond acceptors (Lipinski definition) is 6. The van der Waals surface area contributed by atoms with Gasteiger partial charge in [0.1, 0.15) is 6.54 Å². The van der Waals surface area contributed by atoms with Gasteiger partial charge in [-0.15, -0.1) is 5.10 Å². The molecule has 0 spiro atoms. The summed E-state index contributed by atoms with van der Waals surface area (Å²) in [5.74, 6) is 1.96. The Morgan fingerprint density at radius 2 is 2.21 bits per heavy atom. The summed E-state index contributed by atoms with van der Waals surface area (Å²) in [5, 5.41) is 15.6. The summed E-state index contributed by atoms with van der Waals surface area (Å²) in [4.78, 5) is 4.38. The molecule has 2 aliphatic carbocycles. The lowest BCUT2D eigenvalue weighted by atomic mass is 10.4. The SMILES string of the molecule is c1c(CNC2CC2)nnn1Cc1nc(C2CC2)no1. The van der Waals surface area contributed by atoms with E-state index in [2.05, 4.69) is 25.8 Å². The molecule has 4 rings (SSSR count). The second kappa shape index (κ2) is 4.41. The van der Waals surface area contributed by atoms with Gasteiger partial charge in [-0.05, 0) is 25.7 Å². The first-order chi connectivity index (χ1) is 9.37. The van der Waals surface area contributed by atoms with Crippen LogP contribution in [0.15, 0.2) is 10.7 Å². The third-order valence-electron chi connectivity index (χ3n) is 3.46. The summed E-state index contributed by atoms with van der Waals surface area (Å²) in [6.45, 7) is 1.28. The first kappa shape index (κ1) is 11.1. The average molecular weight is 260 g/mol. The summed E-state index contributed by atoms with van der Waals surface area (Å²) < 4.78 is 6.97. The molecule has 1 N–H and O–H groups in total. The lowest BCUT2D eigenvalue weighted by Crippen LogP contribution is -2.15. The van der Waals surface area contributed by atoms with E-state index in [-0.39, 0.29) is 0 Å². The second-order valence-electron chi connectivity index (χ2n) is 5.38. The maximum Gasteiger partial charge on any atom is 0.248 e. The number of nitrogens with one attached hydrogen (secondary N) is 1. The van der Waals surface area contributed by atoms with E-state index >= 15 is 0 Å². The minimum atomic E-state index is 0.496. The molecule has 7 nitrogen and oxygen atoms in total. The molecule has 0 atom stereocenters. The molecule has 0 aliphatic heterocycles. The Kier molecular flexibility index (Phi) is 2.58. The smallest absolute Gasteiger partial charge is 0.248 e. The minimum Gasteiger partial charge on any atom is -0.337 e. The van der Waals surface area contributed by atoms with E-state index in [1.165, 1.54) is 25.7 Å². The predicted octanol–water partition coefficient (Wildman–Crippen LogP) is 0.839. The molecule has 2 fully saturated rings. The number of rotatable bonds is 6. The Balaban J connectivity index is 1.37. The zero-order chi connectivity index (χ0) is 12.7. The monoisotopic (exact) mass is 260 g/mol.